The fraction of sp³-hybridized carbons (Fsp3) is 0.174. The van der Waals surface area contributed by atoms with Gasteiger partial charge in [0.25, 0.3) is 0 Å². The first-order chi connectivity index (χ1) is 13.9. The van der Waals surface area contributed by atoms with Gasteiger partial charge in [-0.1, -0.05) is 78.9 Å². The van der Waals surface area contributed by atoms with Gasteiger partial charge in [0.05, 0.1) is 18.0 Å². The molecule has 0 bridgehead atoms. The number of hydrogen-bond donors (Lipinski definition) is 1. The maximum Gasteiger partial charge on any atom is 0.244 e. The minimum Gasteiger partial charge on any atom is -0.343 e. The van der Waals surface area contributed by atoms with E-state index in [1.807, 2.05) is 60.7 Å². The largest absolute Gasteiger partial charge is 0.343 e. The Morgan fingerprint density at radius 3 is 1.62 bits per heavy atom. The van der Waals surface area contributed by atoms with E-state index in [9.17, 15) is 13.2 Å². The van der Waals surface area contributed by atoms with E-state index in [1.54, 1.807) is 37.3 Å². The average Bonchev–Trinajstić information content (AvgIpc) is 2.73. The molecule has 0 heterocycles. The first-order valence-corrected chi connectivity index (χ1v) is 11.2. The smallest absolute Gasteiger partial charge is 0.244 e. The van der Waals surface area contributed by atoms with Gasteiger partial charge in [0.1, 0.15) is 6.04 Å². The highest BCUT2D eigenvalue weighted by Gasteiger charge is 2.30. The van der Waals surface area contributed by atoms with Gasteiger partial charge in [0.2, 0.25) is 15.9 Å². The van der Waals surface area contributed by atoms with Gasteiger partial charge >= 0.3 is 0 Å². The minimum absolute atomic E-state index is 0.378. The first kappa shape index (κ1) is 20.6. The van der Waals surface area contributed by atoms with E-state index in [1.165, 1.54) is 0 Å². The lowest BCUT2D eigenvalue weighted by molar-refractivity contribution is -0.122. The highest BCUT2D eigenvalue weighted by molar-refractivity contribution is 7.92. The van der Waals surface area contributed by atoms with Gasteiger partial charge in [-0.25, -0.2) is 8.42 Å². The molecule has 1 N–H and O–H groups in total. The molecule has 150 valence electrons. The fourth-order valence-corrected chi connectivity index (χ4v) is 4.47. The second-order valence-corrected chi connectivity index (χ2v) is 8.69. The zero-order valence-corrected chi connectivity index (χ0v) is 17.2. The lowest BCUT2D eigenvalue weighted by atomic mass is 9.98. The third-order valence-electron chi connectivity index (χ3n) is 4.65. The summed E-state index contributed by atoms with van der Waals surface area (Å²) in [4.78, 5) is 13.1. The Balaban J connectivity index is 1.92. The van der Waals surface area contributed by atoms with Crippen LogP contribution in [0.4, 0.5) is 5.69 Å². The summed E-state index contributed by atoms with van der Waals surface area (Å²) in [5.74, 6) is -0.378. The highest BCUT2D eigenvalue weighted by atomic mass is 32.2. The zero-order chi connectivity index (χ0) is 20.9. The number of nitrogens with one attached hydrogen (secondary N) is 1. The Morgan fingerprint density at radius 1 is 0.793 bits per heavy atom. The van der Waals surface area contributed by atoms with Gasteiger partial charge in [-0.2, -0.15) is 0 Å². The summed E-state index contributed by atoms with van der Waals surface area (Å²) in [6, 6.07) is 26.6. The maximum absolute atomic E-state index is 13.1. The number of carbonyl (C=O) groups excluding carboxylic acids is 1. The predicted octanol–water partition coefficient (Wildman–Crippen LogP) is 3.75. The van der Waals surface area contributed by atoms with E-state index in [2.05, 4.69) is 5.32 Å². The molecule has 6 heteroatoms. The van der Waals surface area contributed by atoms with Crippen molar-refractivity contribution < 1.29 is 13.2 Å². The summed E-state index contributed by atoms with van der Waals surface area (Å²) in [5, 5.41) is 3.03. The van der Waals surface area contributed by atoms with Crippen LogP contribution in [0.1, 0.15) is 24.1 Å². The fourth-order valence-electron chi connectivity index (χ4n) is 3.30. The molecule has 0 spiro atoms. The molecule has 0 fully saturated rings. The standard InChI is InChI=1S/C23H24N2O3S/c1-18(25(29(2,27)28)21-16-10-5-11-17-21)23(26)24-22(19-12-6-3-7-13-19)20-14-8-4-9-15-20/h3-18,22H,1-2H3,(H,24,26)/t18-/m0/s1. The van der Waals surface area contributed by atoms with Crippen LogP contribution in [0.3, 0.4) is 0 Å². The molecule has 3 rings (SSSR count). The number of para-hydroxylation sites is 1. The van der Waals surface area contributed by atoms with Crippen molar-refractivity contribution >= 4 is 21.6 Å². The van der Waals surface area contributed by atoms with Crippen molar-refractivity contribution in [1.29, 1.82) is 0 Å². The van der Waals surface area contributed by atoms with Gasteiger partial charge in [0.15, 0.2) is 0 Å². The normalized spacial score (nSPS) is 12.4. The summed E-state index contributed by atoms with van der Waals surface area (Å²) in [6.45, 7) is 1.59. The quantitative estimate of drug-likeness (QED) is 0.648. The molecule has 0 aliphatic carbocycles. The van der Waals surface area contributed by atoms with Gasteiger partial charge in [0, 0.05) is 0 Å². The lowest BCUT2D eigenvalue weighted by Crippen LogP contribution is -2.48. The van der Waals surface area contributed by atoms with Gasteiger partial charge in [-0.3, -0.25) is 9.10 Å². The number of anilines is 1. The van der Waals surface area contributed by atoms with Crippen molar-refractivity contribution in [2.45, 2.75) is 19.0 Å². The van der Waals surface area contributed by atoms with Crippen LogP contribution in [-0.2, 0) is 14.8 Å². The molecule has 0 unspecified atom stereocenters. The molecule has 3 aromatic carbocycles. The van der Waals surface area contributed by atoms with Crippen LogP contribution in [0.5, 0.6) is 0 Å². The molecule has 0 saturated heterocycles. The van der Waals surface area contributed by atoms with E-state index in [0.29, 0.717) is 5.69 Å². The molecule has 0 saturated carbocycles. The van der Waals surface area contributed by atoms with Crippen LogP contribution in [0.15, 0.2) is 91.0 Å². The molecule has 0 aliphatic heterocycles. The Morgan fingerprint density at radius 2 is 1.21 bits per heavy atom. The van der Waals surface area contributed by atoms with Crippen LogP contribution in [0.2, 0.25) is 0 Å². The van der Waals surface area contributed by atoms with E-state index in [-0.39, 0.29) is 11.9 Å². The summed E-state index contributed by atoms with van der Waals surface area (Å²) in [6.07, 6.45) is 1.11. The molecule has 5 nitrogen and oxygen atoms in total. The van der Waals surface area contributed by atoms with E-state index >= 15 is 0 Å². The number of benzene rings is 3. The number of amides is 1. The third-order valence-corrected chi connectivity index (χ3v) is 5.89. The summed E-state index contributed by atoms with van der Waals surface area (Å²) in [5.41, 5.74) is 2.29. The third kappa shape index (κ3) is 5.03. The first-order valence-electron chi connectivity index (χ1n) is 9.32. The monoisotopic (exact) mass is 408 g/mol. The van der Waals surface area contributed by atoms with Crippen molar-refractivity contribution in [3.8, 4) is 0 Å². The van der Waals surface area contributed by atoms with Crippen molar-refractivity contribution in [2.75, 3.05) is 10.6 Å². The number of nitrogens with zero attached hydrogens (tertiary/aromatic N) is 1. The summed E-state index contributed by atoms with van der Waals surface area (Å²) in [7, 11) is -3.65. The Labute approximate surface area is 172 Å². The van der Waals surface area contributed by atoms with Crippen molar-refractivity contribution in [1.82, 2.24) is 5.32 Å². The summed E-state index contributed by atoms with van der Waals surface area (Å²) >= 11 is 0. The molecule has 1 atom stereocenters. The second kappa shape index (κ2) is 8.92. The van der Waals surface area contributed by atoms with E-state index < -0.39 is 16.1 Å². The van der Waals surface area contributed by atoms with Crippen molar-refractivity contribution in [3.63, 3.8) is 0 Å². The number of hydrogen-bond acceptors (Lipinski definition) is 3. The molecule has 29 heavy (non-hydrogen) atoms. The molecular formula is C23H24N2O3S. The number of rotatable bonds is 7. The van der Waals surface area contributed by atoms with E-state index in [4.69, 9.17) is 0 Å². The molecule has 0 aromatic heterocycles. The molecular weight excluding hydrogens is 384 g/mol. The highest BCUT2D eigenvalue weighted by Crippen LogP contribution is 2.24. The van der Waals surface area contributed by atoms with Gasteiger partial charge < -0.3 is 5.32 Å². The van der Waals surface area contributed by atoms with Crippen LogP contribution in [0, 0.1) is 0 Å². The van der Waals surface area contributed by atoms with E-state index in [0.717, 1.165) is 21.7 Å². The van der Waals surface area contributed by atoms with Crippen molar-refractivity contribution in [3.05, 3.63) is 102 Å². The second-order valence-electron chi connectivity index (χ2n) is 6.83. The zero-order valence-electron chi connectivity index (χ0n) is 16.4. The Bertz CT molecular complexity index is 1000. The van der Waals surface area contributed by atoms with Crippen LogP contribution in [-0.4, -0.2) is 26.6 Å². The maximum atomic E-state index is 13.1. The van der Waals surface area contributed by atoms with Gasteiger partial charge in [-0.15, -0.1) is 0 Å². The SMILES string of the molecule is C[C@@H](C(=O)NC(c1ccccc1)c1ccccc1)N(c1ccccc1)S(C)(=O)=O. The van der Waals surface area contributed by atoms with Crippen molar-refractivity contribution in [2.24, 2.45) is 0 Å². The number of carbonyl (C=O) groups is 1. The van der Waals surface area contributed by atoms with Crippen LogP contribution >= 0.6 is 0 Å². The van der Waals surface area contributed by atoms with Crippen LogP contribution < -0.4 is 9.62 Å². The molecule has 3 aromatic rings. The minimum atomic E-state index is -3.65. The Kier molecular flexibility index (Phi) is 6.34. The summed E-state index contributed by atoms with van der Waals surface area (Å²) < 4.78 is 26.0. The average molecular weight is 409 g/mol. The topological polar surface area (TPSA) is 66.5 Å². The Hall–Kier alpha value is -3.12. The molecule has 1 amide bonds. The van der Waals surface area contributed by atoms with Gasteiger partial charge in [-0.05, 0) is 30.2 Å². The molecule has 0 aliphatic rings. The van der Waals surface area contributed by atoms with Crippen LogP contribution in [0.25, 0.3) is 0 Å². The lowest BCUT2D eigenvalue weighted by Gasteiger charge is -2.30. The molecule has 0 radical (unpaired) electrons. The predicted molar refractivity (Wildman–Crippen MR) is 116 cm³/mol. The number of sulfonamides is 1.